The highest BCUT2D eigenvalue weighted by molar-refractivity contribution is 5.95. The molecule has 2 amide bonds. The van der Waals surface area contributed by atoms with Gasteiger partial charge in [-0.05, 0) is 63.6 Å². The van der Waals surface area contributed by atoms with Crippen molar-refractivity contribution in [3.05, 3.63) is 52.8 Å². The zero-order valence-electron chi connectivity index (χ0n) is 23.9. The summed E-state index contributed by atoms with van der Waals surface area (Å²) in [7, 11) is 2.08. The molecule has 1 aliphatic carbocycles. The van der Waals surface area contributed by atoms with Crippen molar-refractivity contribution in [1.29, 1.82) is 0 Å². The van der Waals surface area contributed by atoms with Gasteiger partial charge in [-0.3, -0.25) is 9.48 Å². The Morgan fingerprint density at radius 2 is 1.55 bits per heavy atom. The molecule has 2 aromatic rings. The van der Waals surface area contributed by atoms with Crippen LogP contribution in [0.4, 0.5) is 18.0 Å². The minimum atomic E-state index is -4.42. The molecule has 4 fully saturated rings. The van der Waals surface area contributed by atoms with Crippen LogP contribution in [-0.4, -0.2) is 88.9 Å². The van der Waals surface area contributed by atoms with Crippen LogP contribution in [0, 0.1) is 0 Å². The summed E-state index contributed by atoms with van der Waals surface area (Å²) in [6.07, 6.45) is 2.64. The number of nitrogens with zero attached hydrogens (tertiary/aromatic N) is 5. The fourth-order valence-electron chi connectivity index (χ4n) is 6.68. The van der Waals surface area contributed by atoms with Crippen LogP contribution in [0.5, 0.6) is 0 Å². The number of piperidine rings is 2. The third-order valence-electron chi connectivity index (χ3n) is 9.21. The zero-order chi connectivity index (χ0) is 28.7. The van der Waals surface area contributed by atoms with Crippen LogP contribution < -0.4 is 0 Å². The molecule has 0 spiro atoms. The van der Waals surface area contributed by atoms with E-state index >= 15 is 0 Å². The third kappa shape index (κ3) is 6.41. The van der Waals surface area contributed by atoms with Gasteiger partial charge >= 0.3 is 12.3 Å². The van der Waals surface area contributed by atoms with Gasteiger partial charge in [0.2, 0.25) is 0 Å². The van der Waals surface area contributed by atoms with Gasteiger partial charge in [-0.1, -0.05) is 18.2 Å². The molecule has 0 bridgehead atoms. The Hall–Kier alpha value is -2.79. The second-order valence-corrected chi connectivity index (χ2v) is 12.1. The number of amides is 2. The Labute approximate surface area is 250 Å². The number of ether oxygens (including phenoxy) is 1. The lowest BCUT2D eigenvalue weighted by atomic mass is 9.93. The summed E-state index contributed by atoms with van der Waals surface area (Å²) in [5, 5.41) is 4.67. The average molecular weight is 610 g/mol. The van der Waals surface area contributed by atoms with Gasteiger partial charge in [-0.25, -0.2) is 4.79 Å². The molecular formula is C30H39ClF3N5O3. The van der Waals surface area contributed by atoms with Crippen LogP contribution in [0.25, 0.3) is 0 Å². The molecule has 1 aromatic heterocycles. The number of rotatable bonds is 5. The highest BCUT2D eigenvalue weighted by Crippen LogP contribution is 2.44. The fourth-order valence-corrected chi connectivity index (χ4v) is 6.68. The van der Waals surface area contributed by atoms with Crippen molar-refractivity contribution in [1.82, 2.24) is 24.5 Å². The second kappa shape index (κ2) is 12.4. The molecule has 1 atom stereocenters. The lowest BCUT2D eigenvalue weighted by molar-refractivity contribution is -0.138. The van der Waals surface area contributed by atoms with E-state index in [0.29, 0.717) is 31.6 Å². The third-order valence-corrected chi connectivity index (χ3v) is 9.21. The van der Waals surface area contributed by atoms with Gasteiger partial charge in [0.1, 0.15) is 6.10 Å². The van der Waals surface area contributed by atoms with Gasteiger partial charge in [0, 0.05) is 51.1 Å². The van der Waals surface area contributed by atoms with E-state index in [0.717, 1.165) is 63.4 Å². The number of alkyl halides is 3. The zero-order valence-corrected chi connectivity index (χ0v) is 24.7. The predicted octanol–water partition coefficient (Wildman–Crippen LogP) is 5.70. The quantitative estimate of drug-likeness (QED) is 0.435. The number of carbonyl (C=O) groups excluding carboxylic acids is 2. The minimum absolute atomic E-state index is 0. The van der Waals surface area contributed by atoms with Crippen molar-refractivity contribution in [2.24, 2.45) is 0 Å². The summed E-state index contributed by atoms with van der Waals surface area (Å²) >= 11 is 0. The van der Waals surface area contributed by atoms with E-state index in [9.17, 15) is 22.8 Å². The van der Waals surface area contributed by atoms with Crippen molar-refractivity contribution < 1.29 is 27.5 Å². The minimum Gasteiger partial charge on any atom is -0.446 e. The van der Waals surface area contributed by atoms with Crippen LogP contribution in [-0.2, 0) is 10.9 Å². The van der Waals surface area contributed by atoms with Crippen LogP contribution >= 0.6 is 12.4 Å². The molecule has 8 nitrogen and oxygen atoms in total. The number of carbonyl (C=O) groups is 2. The van der Waals surface area contributed by atoms with E-state index in [-0.39, 0.29) is 60.5 Å². The molecule has 4 aliphatic rings. The van der Waals surface area contributed by atoms with E-state index in [1.807, 2.05) is 4.68 Å². The maximum atomic E-state index is 13.7. The topological polar surface area (TPSA) is 70.9 Å². The summed E-state index contributed by atoms with van der Waals surface area (Å²) < 4.78 is 48.6. The molecule has 4 heterocycles. The Morgan fingerprint density at radius 1 is 0.881 bits per heavy atom. The van der Waals surface area contributed by atoms with Gasteiger partial charge in [-0.15, -0.1) is 12.4 Å². The van der Waals surface area contributed by atoms with Crippen molar-refractivity contribution in [2.45, 2.75) is 75.1 Å². The van der Waals surface area contributed by atoms with Crippen molar-refractivity contribution in [3.63, 3.8) is 0 Å². The summed E-state index contributed by atoms with van der Waals surface area (Å²) in [6.45, 7) is 3.71. The first-order chi connectivity index (χ1) is 19.7. The number of hydrogen-bond donors (Lipinski definition) is 0. The molecule has 1 saturated carbocycles. The lowest BCUT2D eigenvalue weighted by Gasteiger charge is -2.34. The van der Waals surface area contributed by atoms with Crippen molar-refractivity contribution in [3.8, 4) is 0 Å². The maximum absolute atomic E-state index is 13.7. The highest BCUT2D eigenvalue weighted by atomic mass is 35.5. The maximum Gasteiger partial charge on any atom is 0.416 e. The summed E-state index contributed by atoms with van der Waals surface area (Å²) in [4.78, 5) is 32.2. The monoisotopic (exact) mass is 609 g/mol. The normalized spacial score (nSPS) is 22.7. The van der Waals surface area contributed by atoms with E-state index in [4.69, 9.17) is 4.74 Å². The molecule has 42 heavy (non-hydrogen) atoms. The standard InChI is InChI=1S/C30H38F3N5O3.ClH/c1-35-13-11-23(12-14-35)41-29(40)36-16-9-22(10-17-36)38-27(20-6-7-20)25(18-34-38)28(39)37-15-8-21(19-37)24-4-2-3-5-26(24)30(31,32)33;/h2-5,18,20-23H,6-17,19H2,1H3;1H/t21-;/m1./s1. The largest absolute Gasteiger partial charge is 0.446 e. The highest BCUT2D eigenvalue weighted by Gasteiger charge is 2.40. The number of likely N-dealkylation sites (tertiary alicyclic amines) is 3. The SMILES string of the molecule is CN1CCC(OC(=O)N2CCC(n3ncc(C(=O)N4CC[C@@H](c5ccccc5C(F)(F)F)C4)c3C3CC3)CC2)CC1.Cl. The van der Waals surface area contributed by atoms with Crippen molar-refractivity contribution in [2.75, 3.05) is 46.3 Å². The van der Waals surface area contributed by atoms with Crippen molar-refractivity contribution >= 4 is 24.4 Å². The number of aromatic nitrogens is 2. The Bertz CT molecular complexity index is 1270. The molecule has 3 saturated heterocycles. The Kier molecular flexibility index (Phi) is 9.08. The summed E-state index contributed by atoms with van der Waals surface area (Å²) in [5.41, 5.74) is 1.16. The molecule has 1 aromatic carbocycles. The van der Waals surface area contributed by atoms with Gasteiger partial charge in [0.05, 0.1) is 29.1 Å². The fraction of sp³-hybridized carbons (Fsp3) is 0.633. The first-order valence-electron chi connectivity index (χ1n) is 14.9. The summed E-state index contributed by atoms with van der Waals surface area (Å²) in [6, 6.07) is 5.78. The number of hydrogen-bond acceptors (Lipinski definition) is 5. The second-order valence-electron chi connectivity index (χ2n) is 12.1. The number of benzene rings is 1. The van der Waals surface area contributed by atoms with Gasteiger partial charge in [0.15, 0.2) is 0 Å². The lowest BCUT2D eigenvalue weighted by Crippen LogP contribution is -2.43. The van der Waals surface area contributed by atoms with Gasteiger partial charge in [0.25, 0.3) is 5.91 Å². The molecule has 230 valence electrons. The smallest absolute Gasteiger partial charge is 0.416 e. The Morgan fingerprint density at radius 3 is 2.21 bits per heavy atom. The Balaban J connectivity index is 0.00000353. The van der Waals surface area contributed by atoms with Crippen LogP contribution in [0.2, 0.25) is 0 Å². The van der Waals surface area contributed by atoms with E-state index in [1.54, 1.807) is 22.1 Å². The van der Waals surface area contributed by atoms with Crippen LogP contribution in [0.15, 0.2) is 30.5 Å². The van der Waals surface area contributed by atoms with Gasteiger partial charge in [-0.2, -0.15) is 18.3 Å². The van der Waals surface area contributed by atoms with Gasteiger partial charge < -0.3 is 19.4 Å². The van der Waals surface area contributed by atoms with E-state index in [1.165, 1.54) is 12.1 Å². The molecule has 0 unspecified atom stereocenters. The van der Waals surface area contributed by atoms with E-state index in [2.05, 4.69) is 17.0 Å². The first-order valence-corrected chi connectivity index (χ1v) is 14.9. The predicted molar refractivity (Wildman–Crippen MR) is 153 cm³/mol. The average Bonchev–Trinajstić information content (AvgIpc) is 3.51. The van der Waals surface area contributed by atoms with Crippen LogP contribution in [0.3, 0.4) is 0 Å². The van der Waals surface area contributed by atoms with E-state index < -0.39 is 11.7 Å². The molecule has 12 heteroatoms. The first kappa shape index (κ1) is 30.7. The number of halogens is 4. The molecular weight excluding hydrogens is 571 g/mol. The van der Waals surface area contributed by atoms with Crippen LogP contribution in [0.1, 0.15) is 90.0 Å². The molecule has 0 radical (unpaired) electrons. The molecule has 0 N–H and O–H groups in total. The summed E-state index contributed by atoms with van der Waals surface area (Å²) in [5.74, 6) is -0.229. The molecule has 6 rings (SSSR count). The molecule has 3 aliphatic heterocycles.